The average molecular weight is 160 g/mol. The summed E-state index contributed by atoms with van der Waals surface area (Å²) in [7, 11) is 0. The molecule has 0 saturated carbocycles. The van der Waals surface area contributed by atoms with Crippen LogP contribution in [-0.2, 0) is 36.0 Å². The van der Waals surface area contributed by atoms with Crippen LogP contribution in [0.3, 0.4) is 0 Å². The average Bonchev–Trinajstić information content (AvgIpc) is 1.00. The van der Waals surface area contributed by atoms with Gasteiger partial charge in [-0.25, -0.2) is 0 Å². The molecule has 0 aromatic heterocycles. The Morgan fingerprint density at radius 3 is 1.50 bits per heavy atom. The monoisotopic (exact) mass is 159 g/mol. The van der Waals surface area contributed by atoms with Crippen LogP contribution >= 0.6 is 0 Å². The fourth-order valence-corrected chi connectivity index (χ4v) is 0. The molecule has 0 fully saturated rings. The van der Waals surface area contributed by atoms with Gasteiger partial charge in [-0.2, -0.15) is 0 Å². The summed E-state index contributed by atoms with van der Waals surface area (Å²) in [6.45, 7) is 0. The van der Waals surface area contributed by atoms with Crippen molar-refractivity contribution in [3.8, 4) is 0 Å². The first-order valence-corrected chi connectivity index (χ1v) is 0.561. The Hall–Kier alpha value is 1.57. The second-order valence-corrected chi connectivity index (χ2v) is 0. The molecular formula is H2CoMgNiO. The molecule has 0 spiro atoms. The third-order valence-corrected chi connectivity index (χ3v) is 0. The van der Waals surface area contributed by atoms with E-state index in [-0.39, 0.29) is 42.4 Å². The Morgan fingerprint density at radius 2 is 1.50 bits per heavy atom. The summed E-state index contributed by atoms with van der Waals surface area (Å²) < 4.78 is 7.94. The normalized spacial score (nSPS) is 1.25. The molecule has 0 aromatic carbocycles. The van der Waals surface area contributed by atoms with Crippen LogP contribution in [-0.4, -0.2) is 23.1 Å². The van der Waals surface area contributed by atoms with E-state index in [0.717, 1.165) is 0 Å². The second kappa shape index (κ2) is 23.7. The van der Waals surface area contributed by atoms with Gasteiger partial charge in [-0.1, -0.05) is 0 Å². The Morgan fingerprint density at radius 1 is 1.50 bits per heavy atom. The first-order valence-electron chi connectivity index (χ1n) is 0.136. The van der Waals surface area contributed by atoms with E-state index in [9.17, 15) is 0 Å². The van der Waals surface area contributed by atoms with Gasteiger partial charge in [-0.15, -0.1) is 0 Å². The maximum atomic E-state index is 7.94. The molecule has 0 rings (SSSR count). The van der Waals surface area contributed by atoms with Crippen molar-refractivity contribution < 1.29 is 38.9 Å². The van der Waals surface area contributed by atoms with Crippen LogP contribution in [0.5, 0.6) is 0 Å². The van der Waals surface area contributed by atoms with Gasteiger partial charge in [-0.3, -0.25) is 0 Å². The van der Waals surface area contributed by atoms with Gasteiger partial charge in [0.15, 0.2) is 0 Å². The summed E-state index contributed by atoms with van der Waals surface area (Å²) >= 11 is 2.31. The van der Waals surface area contributed by atoms with E-state index in [0.29, 0.717) is 0 Å². The van der Waals surface area contributed by atoms with Crippen molar-refractivity contribution in [2.24, 2.45) is 0 Å². The van der Waals surface area contributed by atoms with Crippen LogP contribution in [0, 0.1) is 0 Å². The van der Waals surface area contributed by atoms with Gasteiger partial charge in [0.25, 0.3) is 0 Å². The summed E-state index contributed by atoms with van der Waals surface area (Å²) in [5, 5.41) is 0. The van der Waals surface area contributed by atoms with Crippen molar-refractivity contribution in [1.82, 2.24) is 0 Å². The molecule has 0 radical (unpaired) electrons. The molecule has 0 aliphatic rings. The van der Waals surface area contributed by atoms with Gasteiger partial charge in [0.2, 0.25) is 0 Å². The van der Waals surface area contributed by atoms with E-state index in [1.165, 1.54) is 0 Å². The van der Waals surface area contributed by atoms with E-state index < -0.39 is 0 Å². The molecule has 0 bridgehead atoms. The molecule has 29 valence electrons. The summed E-state index contributed by atoms with van der Waals surface area (Å²) in [5.41, 5.74) is 0. The molecule has 0 heterocycles. The predicted octanol–water partition coefficient (Wildman–Crippen LogP) is -0.280. The summed E-state index contributed by atoms with van der Waals surface area (Å²) in [6, 6.07) is 0. The molecule has 0 saturated heterocycles. The van der Waals surface area contributed by atoms with Gasteiger partial charge in [0.1, 0.15) is 0 Å². The van der Waals surface area contributed by atoms with Gasteiger partial charge in [-0.05, 0) is 0 Å². The number of rotatable bonds is 0. The molecule has 1 nitrogen and oxygen atoms in total. The maximum absolute atomic E-state index is 7.94. The SMILES string of the molecule is [H-].[H-].[Mg+2].[Ni].[O]=[Co]. The van der Waals surface area contributed by atoms with Crippen molar-refractivity contribution in [3.05, 3.63) is 0 Å². The quantitative estimate of drug-likeness (QED) is 0.445. The van der Waals surface area contributed by atoms with Crippen molar-refractivity contribution >= 4 is 23.1 Å². The molecule has 0 aliphatic carbocycles. The van der Waals surface area contributed by atoms with Crippen molar-refractivity contribution in [1.29, 1.82) is 0 Å². The molecule has 0 unspecified atom stereocenters. The first kappa shape index (κ1) is 17.6. The topological polar surface area (TPSA) is 17.1 Å². The first-order chi connectivity index (χ1) is 1.00. The molecule has 0 N–H and O–H groups in total. The molecule has 0 atom stereocenters. The van der Waals surface area contributed by atoms with Crippen LogP contribution in [0.25, 0.3) is 0 Å². The van der Waals surface area contributed by atoms with Crippen molar-refractivity contribution in [2.45, 2.75) is 0 Å². The Labute approximate surface area is 61.7 Å². The molecular weight excluding hydrogens is 158 g/mol. The number of hydrogen-bond acceptors (Lipinski definition) is 1. The minimum absolute atomic E-state index is 0. The van der Waals surface area contributed by atoms with Gasteiger partial charge < -0.3 is 2.85 Å². The van der Waals surface area contributed by atoms with Crippen LogP contribution in [0.15, 0.2) is 0 Å². The fraction of sp³-hybridized carbons (Fsp3) is 0. The Balaban J connectivity index is -0.000000000833. The van der Waals surface area contributed by atoms with Gasteiger partial charge in [0, 0.05) is 16.5 Å². The fourth-order valence-electron chi connectivity index (χ4n) is 0. The molecule has 4 heavy (non-hydrogen) atoms. The third kappa shape index (κ3) is 9.57. The molecule has 0 aromatic rings. The van der Waals surface area contributed by atoms with E-state index in [2.05, 4.69) is 15.7 Å². The van der Waals surface area contributed by atoms with E-state index in [1.807, 2.05) is 0 Å². The van der Waals surface area contributed by atoms with E-state index in [1.54, 1.807) is 0 Å². The Bertz CT molecular complexity index is 13.5. The second-order valence-electron chi connectivity index (χ2n) is 0. The van der Waals surface area contributed by atoms with E-state index >= 15 is 0 Å². The zero-order valence-corrected chi connectivity index (χ0v) is 5.21. The molecule has 0 amide bonds. The zero-order chi connectivity index (χ0) is 2.00. The summed E-state index contributed by atoms with van der Waals surface area (Å²) in [5.74, 6) is 0. The summed E-state index contributed by atoms with van der Waals surface area (Å²) in [6.07, 6.45) is 0. The van der Waals surface area contributed by atoms with Crippen molar-refractivity contribution in [2.75, 3.05) is 0 Å². The van der Waals surface area contributed by atoms with E-state index in [4.69, 9.17) is 3.87 Å². The minimum atomic E-state index is 0. The third-order valence-electron chi connectivity index (χ3n) is 0. The van der Waals surface area contributed by atoms with Gasteiger partial charge >= 0.3 is 42.6 Å². The molecule has 4 heteroatoms. The van der Waals surface area contributed by atoms with Gasteiger partial charge in [0.05, 0.1) is 0 Å². The van der Waals surface area contributed by atoms with Crippen LogP contribution in [0.4, 0.5) is 0 Å². The van der Waals surface area contributed by atoms with Crippen LogP contribution < -0.4 is 0 Å². The standard InChI is InChI=1S/Co.Mg.Ni.O.2H/q;+2;;;2*-1. The van der Waals surface area contributed by atoms with Crippen LogP contribution in [0.2, 0.25) is 0 Å². The molecule has 0 aliphatic heterocycles. The van der Waals surface area contributed by atoms with Crippen molar-refractivity contribution in [3.63, 3.8) is 0 Å². The zero-order valence-electron chi connectivity index (χ0n) is 3.76. The Kier molecular flexibility index (Phi) is 104. The number of hydrogen-bond donors (Lipinski definition) is 0. The summed E-state index contributed by atoms with van der Waals surface area (Å²) in [4.78, 5) is 0. The predicted molar refractivity (Wildman–Crippen MR) is 8.66 cm³/mol. The van der Waals surface area contributed by atoms with Crippen LogP contribution in [0.1, 0.15) is 2.85 Å².